The molecule has 0 radical (unpaired) electrons. The molecule has 0 amide bonds. The summed E-state index contributed by atoms with van der Waals surface area (Å²) in [6.45, 7) is 0. The van der Waals surface area contributed by atoms with Gasteiger partial charge in [0.1, 0.15) is 5.82 Å². The third-order valence-electron chi connectivity index (χ3n) is 3.04. The highest BCUT2D eigenvalue weighted by atomic mass is 79.9. The topological polar surface area (TPSA) is 46.2 Å². The molecular formula is C15H15BrFNO. The fraction of sp³-hybridized carbons (Fsp3) is 0.200. The summed E-state index contributed by atoms with van der Waals surface area (Å²) >= 11 is 3.17. The van der Waals surface area contributed by atoms with Gasteiger partial charge in [0.15, 0.2) is 0 Å². The van der Waals surface area contributed by atoms with E-state index in [0.29, 0.717) is 16.5 Å². The van der Waals surface area contributed by atoms with Crippen molar-refractivity contribution in [2.24, 2.45) is 5.73 Å². The zero-order valence-corrected chi connectivity index (χ0v) is 11.8. The lowest BCUT2D eigenvalue weighted by atomic mass is 9.97. The summed E-state index contributed by atoms with van der Waals surface area (Å²) in [5.74, 6) is -0.375. The van der Waals surface area contributed by atoms with Gasteiger partial charge in [0, 0.05) is 6.42 Å². The fourth-order valence-electron chi connectivity index (χ4n) is 1.97. The highest BCUT2D eigenvalue weighted by Crippen LogP contribution is 2.27. The molecule has 2 atom stereocenters. The summed E-state index contributed by atoms with van der Waals surface area (Å²) in [5, 5.41) is 10.2. The summed E-state index contributed by atoms with van der Waals surface area (Å²) in [7, 11) is 0. The van der Waals surface area contributed by atoms with Gasteiger partial charge in [-0.05, 0) is 33.1 Å². The van der Waals surface area contributed by atoms with Crippen LogP contribution in [-0.4, -0.2) is 11.2 Å². The van der Waals surface area contributed by atoms with E-state index in [2.05, 4.69) is 15.9 Å². The van der Waals surface area contributed by atoms with Crippen LogP contribution in [0, 0.1) is 5.82 Å². The average molecular weight is 324 g/mol. The molecule has 0 unspecified atom stereocenters. The van der Waals surface area contributed by atoms with Crippen molar-refractivity contribution in [1.82, 2.24) is 0 Å². The summed E-state index contributed by atoms with van der Waals surface area (Å²) in [6, 6.07) is 13.6. The van der Waals surface area contributed by atoms with E-state index in [-0.39, 0.29) is 5.82 Å². The second kappa shape index (κ2) is 6.28. The van der Waals surface area contributed by atoms with E-state index >= 15 is 0 Å². The van der Waals surface area contributed by atoms with Gasteiger partial charge in [0.25, 0.3) is 0 Å². The van der Waals surface area contributed by atoms with Gasteiger partial charge in [-0.2, -0.15) is 0 Å². The number of hydrogen-bond acceptors (Lipinski definition) is 2. The zero-order chi connectivity index (χ0) is 13.8. The molecule has 19 heavy (non-hydrogen) atoms. The lowest BCUT2D eigenvalue weighted by molar-refractivity contribution is 0.144. The standard InChI is InChI=1S/C15H15BrFNO/c16-14-11(7-4-8-12(14)17)15(18)13(19)9-10-5-2-1-3-6-10/h1-8,13,15,19H,9,18H2/t13-,15+/m0/s1. The van der Waals surface area contributed by atoms with Crippen LogP contribution in [0.5, 0.6) is 0 Å². The first kappa shape index (κ1) is 14.2. The van der Waals surface area contributed by atoms with Crippen LogP contribution >= 0.6 is 15.9 Å². The highest BCUT2D eigenvalue weighted by Gasteiger charge is 2.20. The molecule has 0 aliphatic rings. The van der Waals surface area contributed by atoms with Crippen molar-refractivity contribution in [3.63, 3.8) is 0 Å². The molecule has 0 bridgehead atoms. The van der Waals surface area contributed by atoms with E-state index in [1.54, 1.807) is 12.1 Å². The highest BCUT2D eigenvalue weighted by molar-refractivity contribution is 9.10. The Morgan fingerprint density at radius 1 is 1.11 bits per heavy atom. The molecule has 0 aliphatic carbocycles. The predicted molar refractivity (Wildman–Crippen MR) is 77.2 cm³/mol. The minimum Gasteiger partial charge on any atom is -0.391 e. The maximum Gasteiger partial charge on any atom is 0.137 e. The van der Waals surface area contributed by atoms with Crippen molar-refractivity contribution in [3.8, 4) is 0 Å². The Kier molecular flexibility index (Phi) is 4.69. The summed E-state index contributed by atoms with van der Waals surface area (Å²) in [5.41, 5.74) is 7.58. The number of hydrogen-bond donors (Lipinski definition) is 2. The summed E-state index contributed by atoms with van der Waals surface area (Å²) < 4.78 is 13.8. The molecule has 0 aromatic heterocycles. The lowest BCUT2D eigenvalue weighted by Crippen LogP contribution is -2.28. The van der Waals surface area contributed by atoms with Crippen LogP contribution in [0.2, 0.25) is 0 Å². The van der Waals surface area contributed by atoms with Crippen LogP contribution in [0.1, 0.15) is 17.2 Å². The molecule has 0 saturated heterocycles. The monoisotopic (exact) mass is 323 g/mol. The number of benzene rings is 2. The normalized spacial score (nSPS) is 14.1. The number of halogens is 2. The SMILES string of the molecule is N[C@H](c1cccc(F)c1Br)[C@@H](O)Cc1ccccc1. The maximum absolute atomic E-state index is 13.4. The van der Waals surface area contributed by atoms with E-state index < -0.39 is 12.1 Å². The number of rotatable bonds is 4. The fourth-order valence-corrected chi connectivity index (χ4v) is 2.50. The molecule has 0 saturated carbocycles. The van der Waals surface area contributed by atoms with Gasteiger partial charge in [-0.25, -0.2) is 4.39 Å². The van der Waals surface area contributed by atoms with Crippen molar-refractivity contribution in [2.45, 2.75) is 18.6 Å². The first-order valence-electron chi connectivity index (χ1n) is 6.01. The predicted octanol–water partition coefficient (Wildman–Crippen LogP) is 3.19. The average Bonchev–Trinajstić information content (AvgIpc) is 2.42. The Morgan fingerprint density at radius 3 is 2.47 bits per heavy atom. The summed E-state index contributed by atoms with van der Waals surface area (Å²) in [4.78, 5) is 0. The van der Waals surface area contributed by atoms with Gasteiger partial charge < -0.3 is 10.8 Å². The van der Waals surface area contributed by atoms with E-state index in [4.69, 9.17) is 5.73 Å². The van der Waals surface area contributed by atoms with Crippen molar-refractivity contribution >= 4 is 15.9 Å². The molecule has 3 N–H and O–H groups in total. The van der Waals surface area contributed by atoms with Gasteiger partial charge in [-0.3, -0.25) is 0 Å². The molecule has 100 valence electrons. The van der Waals surface area contributed by atoms with Crippen molar-refractivity contribution in [2.75, 3.05) is 0 Å². The van der Waals surface area contributed by atoms with Gasteiger partial charge in [-0.1, -0.05) is 42.5 Å². The Morgan fingerprint density at radius 2 is 1.79 bits per heavy atom. The van der Waals surface area contributed by atoms with E-state index in [1.807, 2.05) is 30.3 Å². The third-order valence-corrected chi connectivity index (χ3v) is 3.88. The molecule has 2 nitrogen and oxygen atoms in total. The molecule has 0 spiro atoms. The second-order valence-electron chi connectivity index (χ2n) is 4.43. The first-order valence-corrected chi connectivity index (χ1v) is 6.80. The van der Waals surface area contributed by atoms with Crippen LogP contribution in [0.25, 0.3) is 0 Å². The number of nitrogens with two attached hydrogens (primary N) is 1. The van der Waals surface area contributed by atoms with E-state index in [9.17, 15) is 9.50 Å². The van der Waals surface area contributed by atoms with E-state index in [0.717, 1.165) is 5.56 Å². The summed E-state index contributed by atoms with van der Waals surface area (Å²) in [6.07, 6.45) is -0.328. The number of aliphatic hydroxyl groups excluding tert-OH is 1. The van der Waals surface area contributed by atoms with Gasteiger partial charge in [0.05, 0.1) is 16.6 Å². The molecule has 2 aromatic carbocycles. The second-order valence-corrected chi connectivity index (χ2v) is 5.22. The molecule has 0 aliphatic heterocycles. The molecule has 0 heterocycles. The van der Waals surface area contributed by atoms with Crippen LogP contribution in [0.4, 0.5) is 4.39 Å². The molecule has 4 heteroatoms. The van der Waals surface area contributed by atoms with Crippen molar-refractivity contribution in [1.29, 1.82) is 0 Å². The largest absolute Gasteiger partial charge is 0.391 e. The van der Waals surface area contributed by atoms with Crippen molar-refractivity contribution in [3.05, 3.63) is 69.9 Å². The Hall–Kier alpha value is -1.23. The lowest BCUT2D eigenvalue weighted by Gasteiger charge is -2.20. The molecule has 0 fully saturated rings. The van der Waals surface area contributed by atoms with E-state index in [1.165, 1.54) is 6.07 Å². The zero-order valence-electron chi connectivity index (χ0n) is 10.3. The van der Waals surface area contributed by atoms with Gasteiger partial charge in [-0.15, -0.1) is 0 Å². The molecule has 2 rings (SSSR count). The quantitative estimate of drug-likeness (QED) is 0.907. The Labute approximate surface area is 120 Å². The van der Waals surface area contributed by atoms with Crippen LogP contribution < -0.4 is 5.73 Å². The smallest absolute Gasteiger partial charge is 0.137 e. The number of aliphatic hydroxyl groups is 1. The Balaban J connectivity index is 2.15. The third kappa shape index (κ3) is 3.41. The van der Waals surface area contributed by atoms with Crippen LogP contribution in [-0.2, 0) is 6.42 Å². The van der Waals surface area contributed by atoms with Gasteiger partial charge in [0.2, 0.25) is 0 Å². The van der Waals surface area contributed by atoms with Crippen molar-refractivity contribution < 1.29 is 9.50 Å². The first-order chi connectivity index (χ1) is 9.09. The van der Waals surface area contributed by atoms with Gasteiger partial charge >= 0.3 is 0 Å². The molecular weight excluding hydrogens is 309 g/mol. The minimum absolute atomic E-state index is 0.314. The van der Waals surface area contributed by atoms with Crippen LogP contribution in [0.15, 0.2) is 53.0 Å². The minimum atomic E-state index is -0.763. The Bertz CT molecular complexity index is 547. The maximum atomic E-state index is 13.4. The van der Waals surface area contributed by atoms with Crippen LogP contribution in [0.3, 0.4) is 0 Å². The molecule has 2 aromatic rings.